The SMILES string of the molecule is CCCCC(NCCC)c1ccc2c(c1)C(C)(C)CO2. The Labute approximate surface area is 123 Å². The summed E-state index contributed by atoms with van der Waals surface area (Å²) in [6, 6.07) is 7.25. The average molecular weight is 275 g/mol. The standard InChI is InChI=1S/C18H29NO/c1-5-7-8-16(19-11-6-2)14-9-10-17-15(12-14)18(3,4)13-20-17/h9-10,12,16,19H,5-8,11,13H2,1-4H3. The van der Waals surface area contributed by atoms with Crippen molar-refractivity contribution in [1.82, 2.24) is 5.32 Å². The second-order valence-electron chi connectivity index (χ2n) is 6.58. The smallest absolute Gasteiger partial charge is 0.123 e. The normalized spacial score (nSPS) is 17.6. The van der Waals surface area contributed by atoms with Crippen LogP contribution in [0.1, 0.15) is 70.5 Å². The van der Waals surface area contributed by atoms with Crippen molar-refractivity contribution in [3.8, 4) is 5.75 Å². The van der Waals surface area contributed by atoms with E-state index in [1.165, 1.54) is 36.8 Å². The summed E-state index contributed by atoms with van der Waals surface area (Å²) in [6.07, 6.45) is 4.93. The maximum absolute atomic E-state index is 5.79. The lowest BCUT2D eigenvalue weighted by molar-refractivity contribution is 0.291. The van der Waals surface area contributed by atoms with Crippen LogP contribution in [0.2, 0.25) is 0 Å². The first-order valence-corrected chi connectivity index (χ1v) is 8.09. The number of unbranched alkanes of at least 4 members (excludes halogenated alkanes) is 1. The zero-order chi connectivity index (χ0) is 14.6. The molecular weight excluding hydrogens is 246 g/mol. The summed E-state index contributed by atoms with van der Waals surface area (Å²) in [6.45, 7) is 10.9. The van der Waals surface area contributed by atoms with Crippen molar-refractivity contribution in [3.63, 3.8) is 0 Å². The Balaban J connectivity index is 2.20. The number of ether oxygens (including phenoxy) is 1. The Morgan fingerprint density at radius 3 is 2.75 bits per heavy atom. The fourth-order valence-corrected chi connectivity index (χ4v) is 2.87. The molecule has 112 valence electrons. The first-order valence-electron chi connectivity index (χ1n) is 8.09. The monoisotopic (exact) mass is 275 g/mol. The van der Waals surface area contributed by atoms with Gasteiger partial charge in [0.1, 0.15) is 5.75 Å². The fraction of sp³-hybridized carbons (Fsp3) is 0.667. The molecule has 1 aliphatic heterocycles. The number of hydrogen-bond acceptors (Lipinski definition) is 2. The summed E-state index contributed by atoms with van der Waals surface area (Å²) in [4.78, 5) is 0. The van der Waals surface area contributed by atoms with E-state index in [9.17, 15) is 0 Å². The Morgan fingerprint density at radius 1 is 1.25 bits per heavy atom. The largest absolute Gasteiger partial charge is 0.492 e. The highest BCUT2D eigenvalue weighted by Gasteiger charge is 2.32. The predicted octanol–water partition coefficient (Wildman–Crippen LogP) is 4.59. The molecule has 1 N–H and O–H groups in total. The minimum absolute atomic E-state index is 0.144. The lowest BCUT2D eigenvalue weighted by Crippen LogP contribution is -2.23. The average Bonchev–Trinajstić information content (AvgIpc) is 2.75. The first-order chi connectivity index (χ1) is 9.58. The van der Waals surface area contributed by atoms with Gasteiger partial charge in [-0.1, -0.05) is 46.6 Å². The van der Waals surface area contributed by atoms with Gasteiger partial charge in [0.2, 0.25) is 0 Å². The molecule has 2 nitrogen and oxygen atoms in total. The highest BCUT2D eigenvalue weighted by molar-refractivity contribution is 5.45. The molecule has 1 unspecified atom stereocenters. The zero-order valence-electron chi connectivity index (χ0n) is 13.5. The summed E-state index contributed by atoms with van der Waals surface area (Å²) >= 11 is 0. The number of nitrogens with one attached hydrogen (secondary N) is 1. The molecule has 0 spiro atoms. The molecule has 1 heterocycles. The molecule has 0 saturated heterocycles. The van der Waals surface area contributed by atoms with Crippen molar-refractivity contribution in [2.75, 3.05) is 13.2 Å². The van der Waals surface area contributed by atoms with Crippen molar-refractivity contribution in [2.45, 2.75) is 64.8 Å². The summed E-state index contributed by atoms with van der Waals surface area (Å²) < 4.78 is 5.79. The molecule has 0 saturated carbocycles. The molecule has 1 aromatic carbocycles. The van der Waals surface area contributed by atoms with Crippen LogP contribution < -0.4 is 10.1 Å². The lowest BCUT2D eigenvalue weighted by Gasteiger charge is -2.21. The van der Waals surface area contributed by atoms with Crippen LogP contribution >= 0.6 is 0 Å². The Kier molecular flexibility index (Phi) is 5.09. The van der Waals surface area contributed by atoms with E-state index >= 15 is 0 Å². The van der Waals surface area contributed by atoms with Crippen LogP contribution in [0.3, 0.4) is 0 Å². The summed E-state index contributed by atoms with van der Waals surface area (Å²) in [5.74, 6) is 1.07. The van der Waals surface area contributed by atoms with Crippen molar-refractivity contribution in [1.29, 1.82) is 0 Å². The van der Waals surface area contributed by atoms with Gasteiger partial charge in [-0.2, -0.15) is 0 Å². The van der Waals surface area contributed by atoms with E-state index in [4.69, 9.17) is 4.74 Å². The zero-order valence-corrected chi connectivity index (χ0v) is 13.5. The Bertz CT molecular complexity index is 431. The Morgan fingerprint density at radius 2 is 2.05 bits per heavy atom. The van der Waals surface area contributed by atoms with Crippen LogP contribution in [0.5, 0.6) is 5.75 Å². The van der Waals surface area contributed by atoms with Crippen LogP contribution in [0.15, 0.2) is 18.2 Å². The van der Waals surface area contributed by atoms with E-state index in [0.29, 0.717) is 6.04 Å². The highest BCUT2D eigenvalue weighted by atomic mass is 16.5. The van der Waals surface area contributed by atoms with Crippen molar-refractivity contribution < 1.29 is 4.74 Å². The molecule has 2 rings (SSSR count). The molecule has 2 heteroatoms. The number of benzene rings is 1. The number of hydrogen-bond donors (Lipinski definition) is 1. The van der Waals surface area contributed by atoms with Gasteiger partial charge in [0.05, 0.1) is 6.61 Å². The van der Waals surface area contributed by atoms with Gasteiger partial charge in [0.25, 0.3) is 0 Å². The van der Waals surface area contributed by atoms with Gasteiger partial charge in [-0.3, -0.25) is 0 Å². The van der Waals surface area contributed by atoms with Crippen molar-refractivity contribution in [2.24, 2.45) is 0 Å². The summed E-state index contributed by atoms with van der Waals surface area (Å²) in [7, 11) is 0. The van der Waals surface area contributed by atoms with Gasteiger partial charge in [-0.15, -0.1) is 0 Å². The molecule has 0 fully saturated rings. The van der Waals surface area contributed by atoms with Crippen LogP contribution in [0.4, 0.5) is 0 Å². The molecule has 1 aromatic rings. The van der Waals surface area contributed by atoms with E-state index in [0.717, 1.165) is 18.9 Å². The molecule has 0 radical (unpaired) electrons. The molecular formula is C18H29NO. The van der Waals surface area contributed by atoms with Gasteiger partial charge < -0.3 is 10.1 Å². The second kappa shape index (κ2) is 6.62. The van der Waals surface area contributed by atoms with Crippen LogP contribution in [-0.4, -0.2) is 13.2 Å². The minimum Gasteiger partial charge on any atom is -0.492 e. The third kappa shape index (κ3) is 3.35. The second-order valence-corrected chi connectivity index (χ2v) is 6.58. The van der Waals surface area contributed by atoms with E-state index in [1.807, 2.05) is 0 Å². The molecule has 0 aromatic heterocycles. The molecule has 0 aliphatic carbocycles. The number of rotatable bonds is 7. The van der Waals surface area contributed by atoms with Crippen LogP contribution in [0.25, 0.3) is 0 Å². The quantitative estimate of drug-likeness (QED) is 0.786. The van der Waals surface area contributed by atoms with Gasteiger partial charge in [-0.25, -0.2) is 0 Å². The van der Waals surface area contributed by atoms with E-state index in [-0.39, 0.29) is 5.41 Å². The van der Waals surface area contributed by atoms with Crippen LogP contribution in [0, 0.1) is 0 Å². The molecule has 1 aliphatic rings. The van der Waals surface area contributed by atoms with E-state index in [2.05, 4.69) is 51.2 Å². The third-order valence-corrected chi connectivity index (χ3v) is 4.21. The Hall–Kier alpha value is -1.02. The first kappa shape index (κ1) is 15.4. The predicted molar refractivity (Wildman–Crippen MR) is 85.5 cm³/mol. The molecule has 0 bridgehead atoms. The summed E-state index contributed by atoms with van der Waals surface area (Å²) in [5, 5.41) is 3.70. The number of fused-ring (bicyclic) bond motifs is 1. The van der Waals surface area contributed by atoms with Crippen LogP contribution in [-0.2, 0) is 5.41 Å². The lowest BCUT2D eigenvalue weighted by atomic mass is 9.85. The van der Waals surface area contributed by atoms with Gasteiger partial charge >= 0.3 is 0 Å². The van der Waals surface area contributed by atoms with Crippen molar-refractivity contribution >= 4 is 0 Å². The summed E-state index contributed by atoms with van der Waals surface area (Å²) in [5.41, 5.74) is 2.94. The maximum Gasteiger partial charge on any atom is 0.123 e. The third-order valence-electron chi connectivity index (χ3n) is 4.21. The van der Waals surface area contributed by atoms with Gasteiger partial charge in [0, 0.05) is 17.0 Å². The minimum atomic E-state index is 0.144. The molecule has 1 atom stereocenters. The molecule has 20 heavy (non-hydrogen) atoms. The highest BCUT2D eigenvalue weighted by Crippen LogP contribution is 2.40. The topological polar surface area (TPSA) is 21.3 Å². The van der Waals surface area contributed by atoms with E-state index < -0.39 is 0 Å². The van der Waals surface area contributed by atoms with E-state index in [1.54, 1.807) is 0 Å². The fourth-order valence-electron chi connectivity index (χ4n) is 2.87. The maximum atomic E-state index is 5.79. The van der Waals surface area contributed by atoms with Gasteiger partial charge in [-0.05, 0) is 37.1 Å². The van der Waals surface area contributed by atoms with Gasteiger partial charge in [0.15, 0.2) is 0 Å². The van der Waals surface area contributed by atoms with Crippen molar-refractivity contribution in [3.05, 3.63) is 29.3 Å². The molecule has 0 amide bonds.